The van der Waals surface area contributed by atoms with Crippen molar-refractivity contribution in [2.45, 2.75) is 73.3 Å². The summed E-state index contributed by atoms with van der Waals surface area (Å²) in [5, 5.41) is 0. The number of hydrogen-bond acceptors (Lipinski definition) is 1. The Hall–Kier alpha value is -0.250. The number of ether oxygens (including phenoxy) is 1. The number of rotatable bonds is 0. The van der Waals surface area contributed by atoms with E-state index < -0.39 is 23.8 Å². The molecule has 1 heterocycles. The number of halogens is 3. The highest BCUT2D eigenvalue weighted by molar-refractivity contribution is 5.06. The van der Waals surface area contributed by atoms with Crippen LogP contribution < -0.4 is 0 Å². The Labute approximate surface area is 114 Å². The van der Waals surface area contributed by atoms with E-state index >= 15 is 0 Å². The van der Waals surface area contributed by atoms with Gasteiger partial charge in [0.25, 0.3) is 0 Å². The SMILES string of the molecule is CC1C(C(C)(C)C)C(C(C)(C)C)OC1(C)C(F)(F)F. The summed E-state index contributed by atoms with van der Waals surface area (Å²) in [5.41, 5.74) is -2.58. The largest absolute Gasteiger partial charge is 0.417 e. The summed E-state index contributed by atoms with van der Waals surface area (Å²) >= 11 is 0. The van der Waals surface area contributed by atoms with Gasteiger partial charge >= 0.3 is 6.18 Å². The van der Waals surface area contributed by atoms with E-state index in [1.54, 1.807) is 6.92 Å². The minimum Gasteiger partial charge on any atom is -0.361 e. The fourth-order valence-corrected chi connectivity index (χ4v) is 3.29. The van der Waals surface area contributed by atoms with Crippen molar-refractivity contribution in [1.82, 2.24) is 0 Å². The summed E-state index contributed by atoms with van der Waals surface area (Å²) in [7, 11) is 0. The van der Waals surface area contributed by atoms with E-state index in [9.17, 15) is 13.2 Å². The molecule has 0 aromatic heterocycles. The van der Waals surface area contributed by atoms with Crippen molar-refractivity contribution >= 4 is 0 Å². The molecule has 4 heteroatoms. The lowest BCUT2D eigenvalue weighted by atomic mass is 9.64. The topological polar surface area (TPSA) is 9.23 Å². The number of alkyl halides is 3. The summed E-state index contributed by atoms with van der Waals surface area (Å²) in [6, 6.07) is 0. The Bertz CT molecular complexity index is 335. The average Bonchev–Trinajstić information content (AvgIpc) is 2.37. The van der Waals surface area contributed by atoms with Crippen LogP contribution in [0, 0.1) is 22.7 Å². The van der Waals surface area contributed by atoms with Crippen LogP contribution in [0.1, 0.15) is 55.4 Å². The Balaban J connectivity index is 3.30. The standard InChI is InChI=1S/C15H27F3O/c1-9-10(12(2,3)4)11(13(5,6)7)19-14(9,8)15(16,17)18/h9-11H,1-8H3. The van der Waals surface area contributed by atoms with Crippen molar-refractivity contribution in [1.29, 1.82) is 0 Å². The lowest BCUT2D eigenvalue weighted by Crippen LogP contribution is -2.47. The monoisotopic (exact) mass is 280 g/mol. The first-order valence-electron chi connectivity index (χ1n) is 6.87. The Morgan fingerprint density at radius 3 is 1.53 bits per heavy atom. The molecule has 0 aliphatic carbocycles. The van der Waals surface area contributed by atoms with Crippen LogP contribution in [0.3, 0.4) is 0 Å². The molecule has 1 fully saturated rings. The minimum atomic E-state index is -4.34. The molecule has 0 saturated carbocycles. The predicted octanol–water partition coefficient (Wildman–Crippen LogP) is 5.05. The molecule has 1 aliphatic heterocycles. The molecule has 114 valence electrons. The predicted molar refractivity (Wildman–Crippen MR) is 70.9 cm³/mol. The third-order valence-corrected chi connectivity index (χ3v) is 4.52. The Morgan fingerprint density at radius 2 is 1.32 bits per heavy atom. The fraction of sp³-hybridized carbons (Fsp3) is 1.00. The van der Waals surface area contributed by atoms with Gasteiger partial charge in [0, 0.05) is 0 Å². The molecule has 4 unspecified atom stereocenters. The molecular weight excluding hydrogens is 253 g/mol. The smallest absolute Gasteiger partial charge is 0.361 e. The quantitative estimate of drug-likeness (QED) is 0.603. The van der Waals surface area contributed by atoms with E-state index in [2.05, 4.69) is 0 Å². The van der Waals surface area contributed by atoms with E-state index in [0.29, 0.717) is 0 Å². The molecule has 4 atom stereocenters. The van der Waals surface area contributed by atoms with Gasteiger partial charge in [-0.3, -0.25) is 0 Å². The molecule has 1 nitrogen and oxygen atoms in total. The van der Waals surface area contributed by atoms with Gasteiger partial charge in [0.1, 0.15) is 0 Å². The first-order chi connectivity index (χ1) is 8.12. The molecule has 1 saturated heterocycles. The van der Waals surface area contributed by atoms with Crippen LogP contribution in [0.25, 0.3) is 0 Å². The van der Waals surface area contributed by atoms with Gasteiger partial charge in [-0.1, -0.05) is 48.5 Å². The minimum absolute atomic E-state index is 0.126. The molecule has 0 bridgehead atoms. The zero-order chi connectivity index (χ0) is 15.4. The van der Waals surface area contributed by atoms with E-state index in [4.69, 9.17) is 4.74 Å². The molecule has 0 aromatic carbocycles. The third kappa shape index (κ3) is 2.79. The maximum absolute atomic E-state index is 13.4. The Kier molecular flexibility index (Phi) is 3.87. The van der Waals surface area contributed by atoms with Crippen molar-refractivity contribution in [3.05, 3.63) is 0 Å². The second-order valence-electron chi connectivity index (χ2n) is 8.19. The molecule has 0 spiro atoms. The van der Waals surface area contributed by atoms with Crippen LogP contribution >= 0.6 is 0 Å². The van der Waals surface area contributed by atoms with Gasteiger partial charge in [-0.25, -0.2) is 0 Å². The summed E-state index contributed by atoms with van der Waals surface area (Å²) in [5.74, 6) is -0.684. The summed E-state index contributed by atoms with van der Waals surface area (Å²) in [6.07, 6.45) is -4.73. The molecule has 1 rings (SSSR count). The normalized spacial score (nSPS) is 37.7. The van der Waals surface area contributed by atoms with Gasteiger partial charge in [0.05, 0.1) is 6.10 Å². The maximum atomic E-state index is 13.4. The molecule has 0 N–H and O–H groups in total. The van der Waals surface area contributed by atoms with Gasteiger partial charge in [0.2, 0.25) is 0 Å². The summed E-state index contributed by atoms with van der Waals surface area (Å²) < 4.78 is 45.8. The van der Waals surface area contributed by atoms with E-state index in [-0.39, 0.29) is 16.7 Å². The average molecular weight is 280 g/mol. The second kappa shape index (κ2) is 4.37. The van der Waals surface area contributed by atoms with E-state index in [0.717, 1.165) is 0 Å². The third-order valence-electron chi connectivity index (χ3n) is 4.52. The Morgan fingerprint density at radius 1 is 0.895 bits per heavy atom. The van der Waals surface area contributed by atoms with Crippen molar-refractivity contribution in [3.8, 4) is 0 Å². The summed E-state index contributed by atoms with van der Waals surface area (Å²) in [4.78, 5) is 0. The van der Waals surface area contributed by atoms with Gasteiger partial charge in [-0.05, 0) is 29.6 Å². The van der Waals surface area contributed by atoms with Crippen LogP contribution in [-0.4, -0.2) is 17.9 Å². The molecule has 0 aromatic rings. The van der Waals surface area contributed by atoms with Crippen LogP contribution in [0.5, 0.6) is 0 Å². The lowest BCUT2D eigenvalue weighted by molar-refractivity contribution is -0.279. The van der Waals surface area contributed by atoms with Crippen LogP contribution in [0.15, 0.2) is 0 Å². The number of hydrogen-bond donors (Lipinski definition) is 0. The van der Waals surface area contributed by atoms with E-state index in [1.165, 1.54) is 6.92 Å². The van der Waals surface area contributed by atoms with Crippen molar-refractivity contribution < 1.29 is 17.9 Å². The highest BCUT2D eigenvalue weighted by Crippen LogP contribution is 2.57. The first kappa shape index (κ1) is 16.8. The van der Waals surface area contributed by atoms with Gasteiger partial charge in [0.15, 0.2) is 5.60 Å². The first-order valence-corrected chi connectivity index (χ1v) is 6.87. The maximum Gasteiger partial charge on any atom is 0.417 e. The second-order valence-corrected chi connectivity index (χ2v) is 8.19. The van der Waals surface area contributed by atoms with Crippen LogP contribution in [-0.2, 0) is 4.74 Å². The molecule has 19 heavy (non-hydrogen) atoms. The van der Waals surface area contributed by atoms with Gasteiger partial charge in [-0.15, -0.1) is 0 Å². The summed E-state index contributed by atoms with van der Waals surface area (Å²) in [6.45, 7) is 14.7. The van der Waals surface area contributed by atoms with Crippen LogP contribution in [0.4, 0.5) is 13.2 Å². The molecule has 0 radical (unpaired) electrons. The zero-order valence-electron chi connectivity index (χ0n) is 13.3. The van der Waals surface area contributed by atoms with Gasteiger partial charge < -0.3 is 4.74 Å². The molecular formula is C15H27F3O. The zero-order valence-corrected chi connectivity index (χ0v) is 13.3. The molecule has 0 amide bonds. The highest BCUT2D eigenvalue weighted by Gasteiger charge is 2.66. The van der Waals surface area contributed by atoms with Crippen molar-refractivity contribution in [3.63, 3.8) is 0 Å². The van der Waals surface area contributed by atoms with Crippen molar-refractivity contribution in [2.75, 3.05) is 0 Å². The fourth-order valence-electron chi connectivity index (χ4n) is 3.29. The molecule has 1 aliphatic rings. The van der Waals surface area contributed by atoms with Gasteiger partial charge in [-0.2, -0.15) is 13.2 Å². The highest BCUT2D eigenvalue weighted by atomic mass is 19.4. The van der Waals surface area contributed by atoms with Crippen molar-refractivity contribution in [2.24, 2.45) is 22.7 Å². The lowest BCUT2D eigenvalue weighted by Gasteiger charge is -2.39. The van der Waals surface area contributed by atoms with Crippen LogP contribution in [0.2, 0.25) is 0 Å². The van der Waals surface area contributed by atoms with E-state index in [1.807, 2.05) is 41.5 Å².